The van der Waals surface area contributed by atoms with Crippen LogP contribution in [0.1, 0.15) is 131 Å². The number of cyclic esters (lactones) is 2. The molecule has 41 heteroatoms. The third kappa shape index (κ3) is 16.7. The lowest BCUT2D eigenvalue weighted by atomic mass is 9.85. The number of esters is 2. The number of likely N-dealkylation sites (N-methyl/N-ethyl adjacent to an activating group) is 1. The third-order valence-electron chi connectivity index (χ3n) is 17.1. The molecule has 5 amide bonds. The van der Waals surface area contributed by atoms with Gasteiger partial charge in [0.05, 0.1) is 43.1 Å². The molecule has 10 N–H and O–H groups in total. The molecule has 106 heavy (non-hydrogen) atoms. The number of fused-ring (bicyclic) bond motifs is 15. The Labute approximate surface area is 619 Å². The maximum atomic E-state index is 15.2. The number of benzene rings is 1. The fourth-order valence-electron chi connectivity index (χ4n) is 12.2. The molecule has 33 nitrogen and oxygen atoms in total. The molecule has 11 heterocycles. The van der Waals surface area contributed by atoms with E-state index in [0.29, 0.717) is 23.3 Å². The summed E-state index contributed by atoms with van der Waals surface area (Å²) < 4.78 is 70.1. The Balaban J connectivity index is 0.00000152. The maximum absolute atomic E-state index is 15.2. The van der Waals surface area contributed by atoms with Gasteiger partial charge < -0.3 is 90.4 Å². The summed E-state index contributed by atoms with van der Waals surface area (Å²) in [6, 6.07) is 0.853. The fourth-order valence-corrected chi connectivity index (χ4v) is 16.3. The van der Waals surface area contributed by atoms with Gasteiger partial charge in [-0.2, -0.15) is 17.9 Å². The number of aliphatic hydroxyl groups is 2. The van der Waals surface area contributed by atoms with Crippen LogP contribution in [0, 0.1) is 0 Å². The van der Waals surface area contributed by atoms with Gasteiger partial charge in [-0.1, -0.05) is 12.1 Å². The van der Waals surface area contributed by atoms with Crippen molar-refractivity contribution >= 4 is 121 Å². The number of allylic oxidation sites excluding steroid dienone is 1. The Morgan fingerprint density at radius 1 is 0.840 bits per heavy atom. The number of carboxylic acids is 1. The summed E-state index contributed by atoms with van der Waals surface area (Å²) in [6.45, 7) is 5.45. The molecular formula is C65H69F3N14O19S5. The number of halogens is 3. The van der Waals surface area contributed by atoms with Crippen LogP contribution in [0.25, 0.3) is 49.3 Å². The highest BCUT2D eigenvalue weighted by molar-refractivity contribution is 7.14. The Morgan fingerprint density at radius 3 is 2.16 bits per heavy atom. The predicted octanol–water partition coefficient (Wildman–Crippen LogP) is 5.48. The maximum Gasteiger partial charge on any atom is 0.490 e. The summed E-state index contributed by atoms with van der Waals surface area (Å²) in [5, 5.41) is 76.0. The van der Waals surface area contributed by atoms with E-state index in [1.165, 1.54) is 54.6 Å². The van der Waals surface area contributed by atoms with Crippen LogP contribution in [0.4, 0.5) is 13.2 Å². The fraction of sp³-hybridized carbons (Fsp3) is 0.415. The second kappa shape index (κ2) is 31.9. The van der Waals surface area contributed by atoms with Crippen molar-refractivity contribution in [1.82, 2.24) is 71.0 Å². The third-order valence-corrected chi connectivity index (χ3v) is 21.5. The number of thiazole rings is 5. The molecular weight excluding hydrogens is 1500 g/mol. The van der Waals surface area contributed by atoms with Crippen LogP contribution in [0.3, 0.4) is 0 Å². The summed E-state index contributed by atoms with van der Waals surface area (Å²) in [7, 11) is 8.71. The molecule has 0 saturated carbocycles. The normalized spacial score (nSPS) is 23.2. The van der Waals surface area contributed by atoms with Crippen LogP contribution >= 0.6 is 56.7 Å². The SMILES string of the molecule is CO/C(C)=C1/NC(=O)[C@H]([C@@H](C)O)NC(=O)c2csc(n2)-c2cc(O)c(-c3nc(C(=O)NCCCN(C)C)cs3)nc2-c2csc(n2)[C@@H]2COC(=O)c3c4c5c(cccc5n3O)COC(=O)[C@@H](O[C@H]3C[C@](C)(O)[C@H](N(C)C)[C@H](C)O3)[C@@H](OC4)[C@H](NC(=O)c3csc1n3)c1nc(cs1)C(=O)N2.O=C(O)C(F)(F)F. The quantitative estimate of drug-likeness (QED) is 0.0332. The monoisotopic (exact) mass is 1570 g/mol. The van der Waals surface area contributed by atoms with Crippen LogP contribution in [0.5, 0.6) is 5.75 Å². The number of nitrogens with one attached hydrogen (secondary N) is 5. The topological polar surface area (TPSA) is 442 Å². The van der Waals surface area contributed by atoms with Crippen molar-refractivity contribution in [3.8, 4) is 38.4 Å². The molecule has 4 aliphatic rings. The van der Waals surface area contributed by atoms with Gasteiger partial charge in [0.15, 0.2) is 18.1 Å². The van der Waals surface area contributed by atoms with Crippen LogP contribution in [0.2, 0.25) is 0 Å². The summed E-state index contributed by atoms with van der Waals surface area (Å²) >= 11 is 4.74. The number of alkyl halides is 3. The van der Waals surface area contributed by atoms with Gasteiger partial charge in [0.25, 0.3) is 23.6 Å². The Bertz CT molecular complexity index is 4740. The Morgan fingerprint density at radius 2 is 1.48 bits per heavy atom. The van der Waals surface area contributed by atoms with E-state index in [0.717, 1.165) is 63.2 Å². The lowest BCUT2D eigenvalue weighted by Gasteiger charge is -2.48. The number of ether oxygens (including phenoxy) is 6. The minimum absolute atomic E-state index is 0.00147. The van der Waals surface area contributed by atoms with Crippen LogP contribution in [-0.2, 0) is 56.0 Å². The molecule has 7 aromatic heterocycles. The first kappa shape index (κ1) is 77.6. The molecule has 12 rings (SSSR count). The minimum Gasteiger partial charge on any atom is -0.506 e. The Kier molecular flexibility index (Phi) is 23.3. The van der Waals surface area contributed by atoms with E-state index in [1.807, 2.05) is 19.0 Å². The molecule has 0 unspecified atom stereocenters. The Hall–Kier alpha value is -9.53. The highest BCUT2D eigenvalue weighted by Crippen LogP contribution is 2.43. The van der Waals surface area contributed by atoms with E-state index in [4.69, 9.17) is 53.3 Å². The number of rotatable bonds is 11. The van der Waals surface area contributed by atoms with Crippen molar-refractivity contribution in [2.75, 3.05) is 55.0 Å². The number of aliphatic carboxylic acids is 1. The average Bonchev–Trinajstić information content (AvgIpc) is 1.58. The first-order valence-corrected chi connectivity index (χ1v) is 36.5. The van der Waals surface area contributed by atoms with Crippen molar-refractivity contribution < 1.29 is 106 Å². The number of carbonyl (C=O) groups excluding carboxylic acids is 7. The van der Waals surface area contributed by atoms with Crippen molar-refractivity contribution in [3.05, 3.63) is 112 Å². The van der Waals surface area contributed by atoms with E-state index >= 15 is 14.4 Å². The van der Waals surface area contributed by atoms with Gasteiger partial charge >= 0.3 is 24.1 Å². The van der Waals surface area contributed by atoms with Gasteiger partial charge in [-0.25, -0.2) is 44.3 Å². The number of carboxylic acid groups (broad SMARTS) is 1. The molecule has 10 atom stereocenters. The zero-order chi connectivity index (χ0) is 76.5. The van der Waals surface area contributed by atoms with E-state index in [9.17, 15) is 52.9 Å². The first-order chi connectivity index (χ1) is 50.2. The van der Waals surface area contributed by atoms with Gasteiger partial charge in [0, 0.05) is 56.4 Å². The van der Waals surface area contributed by atoms with E-state index < -0.39 is 145 Å². The number of aromatic hydroxyl groups is 1. The minimum atomic E-state index is -5.08. The molecule has 8 aromatic rings. The summed E-state index contributed by atoms with van der Waals surface area (Å²) in [6.07, 6.45) is -11.9. The van der Waals surface area contributed by atoms with Crippen LogP contribution in [0.15, 0.2) is 56.9 Å². The number of amides is 5. The molecule has 12 bridgehead atoms. The number of aliphatic hydroxyl groups excluding tert-OH is 1. The number of hydrogen-bond acceptors (Lipinski definition) is 31. The van der Waals surface area contributed by atoms with Crippen LogP contribution in [-0.4, -0.2) is 227 Å². The molecule has 564 valence electrons. The van der Waals surface area contributed by atoms with Crippen LogP contribution < -0.4 is 26.6 Å². The largest absolute Gasteiger partial charge is 0.506 e. The van der Waals surface area contributed by atoms with Gasteiger partial charge in [-0.3, -0.25) is 24.0 Å². The summed E-state index contributed by atoms with van der Waals surface area (Å²) in [5.41, 5.74) is -2.09. The molecule has 4 aliphatic heterocycles. The van der Waals surface area contributed by atoms with Crippen molar-refractivity contribution in [2.45, 2.75) is 120 Å². The number of carbonyl (C=O) groups is 8. The van der Waals surface area contributed by atoms with Gasteiger partial charge in [0.1, 0.15) is 120 Å². The van der Waals surface area contributed by atoms with Crippen molar-refractivity contribution in [2.24, 2.45) is 0 Å². The molecule has 0 spiro atoms. The molecule has 0 aliphatic carbocycles. The molecule has 1 saturated heterocycles. The lowest BCUT2D eigenvalue weighted by molar-refractivity contribution is -0.280. The van der Waals surface area contributed by atoms with Gasteiger partial charge in [-0.05, 0) is 86.5 Å². The molecule has 1 aromatic carbocycles. The average molecular weight is 1570 g/mol. The number of pyridine rings is 1. The van der Waals surface area contributed by atoms with Gasteiger partial charge in [0.2, 0.25) is 5.91 Å². The highest BCUT2D eigenvalue weighted by Gasteiger charge is 2.50. The number of methoxy groups -OCH3 is 1. The van der Waals surface area contributed by atoms with Crippen molar-refractivity contribution in [1.29, 1.82) is 0 Å². The standard InChI is InChI=1S/C63H68N14O17S5.C2HF3O2/c1-26(78)42-55(84)73-43(27(2)89-9)58-69-37(25-97-58)54(83)74-46-48-49(94-40-17-63(4,87)50(76(7)8)28(3)93-40)62(86)91-18-29-12-10-13-38-41(29)31(19-90-48)47(77(38)88)61(85)92-20-32(65-52(81)35-24-99-60(46)70-35)57-66-33(21-96-57)44-30(56-67-36(23-95-56)53(82)72-42)16-39(79)45(71-44)59-68-34(22-98-59)51(80)64-14-11-15-75(5)6;3-2(4,5)1(6)7/h10,12-13,16,21-26,28,32,40,42,46,48-50,78-79,87-88H,11,14-15,17-20H2,1-9H3,(H,64,80)(H,65,81)(H,72,82)(H,73,84)(H,74,83);(H,6,7)/b43-27+;/t26-,28+,32+,40+,42+,46+,48+,49+,50-,63+;/m1./s1. The second-order valence-corrected chi connectivity index (χ2v) is 29.6. The van der Waals surface area contributed by atoms with E-state index in [1.54, 1.807) is 50.4 Å². The summed E-state index contributed by atoms with van der Waals surface area (Å²) in [4.78, 5) is 144. The smallest absolute Gasteiger partial charge is 0.490 e. The number of aromatic nitrogens is 7. The number of nitrogens with zero attached hydrogens (tertiary/aromatic N) is 9. The zero-order valence-corrected chi connectivity index (χ0v) is 61.6. The van der Waals surface area contributed by atoms with Gasteiger partial charge in [-0.15, -0.1) is 56.7 Å². The molecule has 1 fully saturated rings. The lowest BCUT2D eigenvalue weighted by Crippen LogP contribution is -2.62. The molecule has 0 radical (unpaired) electrons. The zero-order valence-electron chi connectivity index (χ0n) is 57.5. The first-order valence-electron chi connectivity index (χ1n) is 32.1. The van der Waals surface area contributed by atoms with E-state index in [2.05, 4.69) is 41.5 Å². The van der Waals surface area contributed by atoms with Crippen molar-refractivity contribution in [3.63, 3.8) is 0 Å². The highest BCUT2D eigenvalue weighted by atomic mass is 32.1. The predicted molar refractivity (Wildman–Crippen MR) is 373 cm³/mol. The van der Waals surface area contributed by atoms with E-state index in [-0.39, 0.29) is 105 Å². The number of hydrogen-bond donors (Lipinski definition) is 10. The second-order valence-electron chi connectivity index (χ2n) is 25.2. The summed E-state index contributed by atoms with van der Waals surface area (Å²) in [5.74, 6) is -9.37.